The third-order valence-electron chi connectivity index (χ3n) is 4.62. The fourth-order valence-corrected chi connectivity index (χ4v) is 3.13. The molecule has 0 spiro atoms. The van der Waals surface area contributed by atoms with Crippen molar-refractivity contribution < 1.29 is 9.31 Å². The lowest BCUT2D eigenvalue weighted by Crippen LogP contribution is -2.47. The Bertz CT molecular complexity index is 712. The molecule has 24 heavy (non-hydrogen) atoms. The summed E-state index contributed by atoms with van der Waals surface area (Å²) in [5, 5.41) is 10.9. The van der Waals surface area contributed by atoms with E-state index in [1.807, 2.05) is 6.07 Å². The molecule has 1 atom stereocenters. The molecule has 0 bridgehead atoms. The Kier molecular flexibility index (Phi) is 4.76. The number of anilines is 1. The molecule has 1 aliphatic rings. The minimum Gasteiger partial charge on any atom is -0.369 e. The standard InChI is InChI=1S/C18H20FN3O2/c1-14(15-3-2-4-18(13-15)22(23)24)20-9-11-21(12-10-20)17-7-5-16(19)6-8-17/h2-8,13-14H,9-12H2,1H3/t14-/m0/s1. The SMILES string of the molecule is C[C@@H](c1cccc([N+](=O)[O-])c1)N1CCN(c2ccc(F)cc2)CC1. The van der Waals surface area contributed by atoms with Crippen LogP contribution in [0.2, 0.25) is 0 Å². The average molecular weight is 329 g/mol. The van der Waals surface area contributed by atoms with E-state index in [2.05, 4.69) is 16.7 Å². The van der Waals surface area contributed by atoms with Gasteiger partial charge in [-0.15, -0.1) is 0 Å². The Balaban J connectivity index is 1.64. The first-order chi connectivity index (χ1) is 11.5. The summed E-state index contributed by atoms with van der Waals surface area (Å²) in [6.45, 7) is 5.50. The van der Waals surface area contributed by atoms with E-state index in [1.54, 1.807) is 24.3 Å². The summed E-state index contributed by atoms with van der Waals surface area (Å²) in [4.78, 5) is 15.1. The van der Waals surface area contributed by atoms with E-state index in [0.29, 0.717) is 0 Å². The largest absolute Gasteiger partial charge is 0.369 e. The molecule has 126 valence electrons. The Morgan fingerprint density at radius 1 is 1.08 bits per heavy atom. The minimum absolute atomic E-state index is 0.125. The van der Waals surface area contributed by atoms with Crippen molar-refractivity contribution in [3.8, 4) is 0 Å². The lowest BCUT2D eigenvalue weighted by molar-refractivity contribution is -0.384. The number of benzene rings is 2. The summed E-state index contributed by atoms with van der Waals surface area (Å²) in [6, 6.07) is 13.5. The molecule has 1 aliphatic heterocycles. The van der Waals surface area contributed by atoms with Gasteiger partial charge in [-0.2, -0.15) is 0 Å². The smallest absolute Gasteiger partial charge is 0.269 e. The number of piperazine rings is 1. The zero-order chi connectivity index (χ0) is 17.1. The third kappa shape index (κ3) is 3.54. The van der Waals surface area contributed by atoms with E-state index < -0.39 is 0 Å². The van der Waals surface area contributed by atoms with E-state index in [0.717, 1.165) is 37.4 Å². The molecule has 0 N–H and O–H groups in total. The molecule has 0 amide bonds. The molecule has 0 aromatic heterocycles. The molecule has 0 aliphatic carbocycles. The van der Waals surface area contributed by atoms with Crippen molar-refractivity contribution in [3.05, 3.63) is 70.0 Å². The van der Waals surface area contributed by atoms with Gasteiger partial charge in [0.15, 0.2) is 0 Å². The highest BCUT2D eigenvalue weighted by Crippen LogP contribution is 2.26. The number of nitrogens with zero attached hydrogens (tertiary/aromatic N) is 3. The summed E-state index contributed by atoms with van der Waals surface area (Å²) in [7, 11) is 0. The van der Waals surface area contributed by atoms with E-state index in [1.165, 1.54) is 18.2 Å². The van der Waals surface area contributed by atoms with Crippen LogP contribution in [0.5, 0.6) is 0 Å². The molecule has 1 saturated heterocycles. The van der Waals surface area contributed by atoms with Gasteiger partial charge in [0.1, 0.15) is 5.82 Å². The monoisotopic (exact) mass is 329 g/mol. The van der Waals surface area contributed by atoms with Gasteiger partial charge in [-0.25, -0.2) is 4.39 Å². The number of non-ortho nitro benzene ring substituents is 1. The van der Waals surface area contributed by atoms with Crippen molar-refractivity contribution in [2.24, 2.45) is 0 Å². The van der Waals surface area contributed by atoms with E-state index >= 15 is 0 Å². The van der Waals surface area contributed by atoms with Crippen LogP contribution in [0.25, 0.3) is 0 Å². The molecule has 0 saturated carbocycles. The summed E-state index contributed by atoms with van der Waals surface area (Å²) < 4.78 is 13.0. The Morgan fingerprint density at radius 2 is 1.75 bits per heavy atom. The predicted molar refractivity (Wildman–Crippen MR) is 91.7 cm³/mol. The maximum absolute atomic E-state index is 13.0. The van der Waals surface area contributed by atoms with Crippen LogP contribution in [0.1, 0.15) is 18.5 Å². The molecule has 5 nitrogen and oxygen atoms in total. The Morgan fingerprint density at radius 3 is 2.38 bits per heavy atom. The highest BCUT2D eigenvalue weighted by molar-refractivity contribution is 5.46. The van der Waals surface area contributed by atoms with Crippen molar-refractivity contribution >= 4 is 11.4 Å². The minimum atomic E-state index is -0.358. The first-order valence-corrected chi connectivity index (χ1v) is 8.03. The number of hydrogen-bond donors (Lipinski definition) is 0. The van der Waals surface area contributed by atoms with Gasteiger partial charge in [0.2, 0.25) is 0 Å². The van der Waals surface area contributed by atoms with Gasteiger partial charge in [-0.3, -0.25) is 15.0 Å². The molecular formula is C18H20FN3O2. The zero-order valence-corrected chi connectivity index (χ0v) is 13.6. The Hall–Kier alpha value is -2.47. The lowest BCUT2D eigenvalue weighted by atomic mass is 10.1. The summed E-state index contributed by atoms with van der Waals surface area (Å²) >= 11 is 0. The van der Waals surface area contributed by atoms with Crippen LogP contribution < -0.4 is 4.90 Å². The molecule has 0 radical (unpaired) electrons. The van der Waals surface area contributed by atoms with Gasteiger partial charge in [0.05, 0.1) is 4.92 Å². The lowest BCUT2D eigenvalue weighted by Gasteiger charge is -2.39. The summed E-state index contributed by atoms with van der Waals surface area (Å²) in [6.07, 6.45) is 0. The van der Waals surface area contributed by atoms with Crippen molar-refractivity contribution in [1.82, 2.24) is 4.90 Å². The summed E-state index contributed by atoms with van der Waals surface area (Å²) in [5.74, 6) is -0.225. The van der Waals surface area contributed by atoms with Crippen molar-refractivity contribution in [3.63, 3.8) is 0 Å². The van der Waals surface area contributed by atoms with Crippen LogP contribution >= 0.6 is 0 Å². The molecule has 0 unspecified atom stereocenters. The number of hydrogen-bond acceptors (Lipinski definition) is 4. The molecule has 6 heteroatoms. The second kappa shape index (κ2) is 6.97. The quantitative estimate of drug-likeness (QED) is 0.635. The van der Waals surface area contributed by atoms with Crippen molar-refractivity contribution in [2.45, 2.75) is 13.0 Å². The van der Waals surface area contributed by atoms with Crippen LogP contribution in [0, 0.1) is 15.9 Å². The number of nitro benzene ring substituents is 1. The van der Waals surface area contributed by atoms with Gasteiger partial charge in [-0.1, -0.05) is 12.1 Å². The maximum Gasteiger partial charge on any atom is 0.269 e. The molecule has 2 aromatic carbocycles. The number of halogens is 1. The van der Waals surface area contributed by atoms with Crippen LogP contribution in [0.15, 0.2) is 48.5 Å². The van der Waals surface area contributed by atoms with Crippen LogP contribution in [-0.2, 0) is 0 Å². The fraction of sp³-hybridized carbons (Fsp3) is 0.333. The maximum atomic E-state index is 13.0. The van der Waals surface area contributed by atoms with Crippen molar-refractivity contribution in [2.75, 3.05) is 31.1 Å². The molecule has 2 aromatic rings. The Labute approximate surface area is 140 Å². The normalized spacial score (nSPS) is 16.8. The first-order valence-electron chi connectivity index (χ1n) is 8.03. The molecular weight excluding hydrogens is 309 g/mol. The van der Waals surface area contributed by atoms with Crippen LogP contribution in [-0.4, -0.2) is 36.0 Å². The van der Waals surface area contributed by atoms with Crippen molar-refractivity contribution in [1.29, 1.82) is 0 Å². The number of rotatable bonds is 4. The molecule has 1 fully saturated rings. The predicted octanol–water partition coefficient (Wildman–Crippen LogP) is 3.62. The third-order valence-corrected chi connectivity index (χ3v) is 4.62. The molecule has 1 heterocycles. The van der Waals surface area contributed by atoms with Gasteiger partial charge < -0.3 is 4.90 Å². The van der Waals surface area contributed by atoms with E-state index in [-0.39, 0.29) is 22.5 Å². The van der Waals surface area contributed by atoms with Crippen LogP contribution in [0.4, 0.5) is 15.8 Å². The fourth-order valence-electron chi connectivity index (χ4n) is 3.13. The van der Waals surface area contributed by atoms with Gasteiger partial charge >= 0.3 is 0 Å². The second-order valence-corrected chi connectivity index (χ2v) is 6.03. The van der Waals surface area contributed by atoms with Gasteiger partial charge in [0, 0.05) is 50.0 Å². The second-order valence-electron chi connectivity index (χ2n) is 6.03. The van der Waals surface area contributed by atoms with E-state index in [9.17, 15) is 14.5 Å². The highest BCUT2D eigenvalue weighted by Gasteiger charge is 2.23. The van der Waals surface area contributed by atoms with Gasteiger partial charge in [0.25, 0.3) is 5.69 Å². The van der Waals surface area contributed by atoms with Crippen LogP contribution in [0.3, 0.4) is 0 Å². The van der Waals surface area contributed by atoms with E-state index in [4.69, 9.17) is 0 Å². The first kappa shape index (κ1) is 16.4. The average Bonchev–Trinajstić information content (AvgIpc) is 2.62. The van der Waals surface area contributed by atoms with Gasteiger partial charge in [-0.05, 0) is 36.8 Å². The topological polar surface area (TPSA) is 49.6 Å². The molecule has 3 rings (SSSR count). The zero-order valence-electron chi connectivity index (χ0n) is 13.6. The summed E-state index contributed by atoms with van der Waals surface area (Å²) in [5.41, 5.74) is 2.11. The number of nitro groups is 1. The highest BCUT2D eigenvalue weighted by atomic mass is 19.1.